The van der Waals surface area contributed by atoms with Crippen molar-refractivity contribution in [2.24, 2.45) is 0 Å². The van der Waals surface area contributed by atoms with Crippen LogP contribution in [0, 0.1) is 0 Å². The van der Waals surface area contributed by atoms with Gasteiger partial charge in [0.2, 0.25) is 0 Å². The number of hydrogen-bond donors (Lipinski definition) is 2. The Balaban J connectivity index is 2.47. The van der Waals surface area contributed by atoms with E-state index in [1.165, 1.54) is 0 Å². The van der Waals surface area contributed by atoms with Gasteiger partial charge < -0.3 is 10.4 Å². The summed E-state index contributed by atoms with van der Waals surface area (Å²) in [7, 11) is 0. The Kier molecular flexibility index (Phi) is 4.13. The standard InChI is InChI=1S/C14H17N3O2S/c1-14(2,20-3)8-15-11-9-6-4-5-7-10(9)16-17-12(11)13(18)19/h4-7H,8H2,1-3H3,(H,15,16)(H,18,19). The van der Waals surface area contributed by atoms with Gasteiger partial charge >= 0.3 is 5.97 Å². The lowest BCUT2D eigenvalue weighted by atomic mass is 10.1. The fraction of sp³-hybridized carbons (Fsp3) is 0.357. The van der Waals surface area contributed by atoms with E-state index in [1.807, 2.05) is 30.5 Å². The van der Waals surface area contributed by atoms with E-state index in [1.54, 1.807) is 11.8 Å². The summed E-state index contributed by atoms with van der Waals surface area (Å²) >= 11 is 1.72. The number of aromatic carboxylic acids is 1. The second kappa shape index (κ2) is 5.66. The maximum Gasteiger partial charge on any atom is 0.358 e. The van der Waals surface area contributed by atoms with Crippen LogP contribution in [-0.2, 0) is 0 Å². The van der Waals surface area contributed by atoms with Gasteiger partial charge in [0.25, 0.3) is 0 Å². The topological polar surface area (TPSA) is 75.1 Å². The summed E-state index contributed by atoms with van der Waals surface area (Å²) < 4.78 is 0.000146. The second-order valence-corrected chi connectivity index (χ2v) is 6.58. The summed E-state index contributed by atoms with van der Waals surface area (Å²) in [6.45, 7) is 4.84. The highest BCUT2D eigenvalue weighted by Crippen LogP contribution is 2.27. The van der Waals surface area contributed by atoms with Crippen molar-refractivity contribution in [1.29, 1.82) is 0 Å². The van der Waals surface area contributed by atoms with Crippen LogP contribution in [0.5, 0.6) is 0 Å². The van der Waals surface area contributed by atoms with Gasteiger partial charge in [-0.1, -0.05) is 18.2 Å². The van der Waals surface area contributed by atoms with Gasteiger partial charge in [0.05, 0.1) is 11.2 Å². The van der Waals surface area contributed by atoms with Crippen LogP contribution in [0.4, 0.5) is 5.69 Å². The molecule has 1 heterocycles. The molecule has 20 heavy (non-hydrogen) atoms. The fourth-order valence-corrected chi connectivity index (χ4v) is 1.97. The van der Waals surface area contributed by atoms with E-state index in [0.29, 0.717) is 17.7 Å². The number of carbonyl (C=O) groups is 1. The van der Waals surface area contributed by atoms with E-state index in [4.69, 9.17) is 0 Å². The molecular formula is C14H17N3O2S. The van der Waals surface area contributed by atoms with E-state index in [0.717, 1.165) is 5.39 Å². The lowest BCUT2D eigenvalue weighted by molar-refractivity contribution is 0.0690. The van der Waals surface area contributed by atoms with Crippen LogP contribution in [-0.4, -0.2) is 38.8 Å². The molecule has 0 aliphatic rings. The van der Waals surface area contributed by atoms with Gasteiger partial charge in [-0.25, -0.2) is 4.79 Å². The van der Waals surface area contributed by atoms with Crippen LogP contribution in [0.25, 0.3) is 10.9 Å². The lowest BCUT2D eigenvalue weighted by Gasteiger charge is -2.23. The van der Waals surface area contributed by atoms with Crippen LogP contribution in [0.15, 0.2) is 24.3 Å². The first-order chi connectivity index (χ1) is 9.44. The molecule has 0 bridgehead atoms. The number of aromatic nitrogens is 2. The van der Waals surface area contributed by atoms with Gasteiger partial charge in [-0.15, -0.1) is 10.2 Å². The van der Waals surface area contributed by atoms with Crippen molar-refractivity contribution in [1.82, 2.24) is 10.2 Å². The van der Waals surface area contributed by atoms with E-state index in [9.17, 15) is 9.90 Å². The third kappa shape index (κ3) is 3.01. The number of thioether (sulfide) groups is 1. The molecule has 0 fully saturated rings. The van der Waals surface area contributed by atoms with E-state index < -0.39 is 5.97 Å². The predicted molar refractivity (Wildman–Crippen MR) is 82.6 cm³/mol. The first-order valence-electron chi connectivity index (χ1n) is 6.22. The first kappa shape index (κ1) is 14.6. The molecule has 2 N–H and O–H groups in total. The first-order valence-corrected chi connectivity index (χ1v) is 7.45. The molecule has 0 unspecified atom stereocenters. The Bertz CT molecular complexity index is 643. The summed E-state index contributed by atoms with van der Waals surface area (Å²) in [5.41, 5.74) is 1.17. The number of carboxylic acid groups (broad SMARTS) is 1. The molecular weight excluding hydrogens is 274 g/mol. The molecule has 1 aromatic carbocycles. The van der Waals surface area contributed by atoms with Crippen LogP contribution < -0.4 is 5.32 Å². The number of hydrogen-bond acceptors (Lipinski definition) is 5. The third-order valence-corrected chi connectivity index (χ3v) is 4.36. The minimum absolute atomic E-state index is 0.000146. The van der Waals surface area contributed by atoms with Gasteiger partial charge in [-0.05, 0) is 26.2 Å². The second-order valence-electron chi connectivity index (χ2n) is 5.06. The Labute approximate surface area is 121 Å². The van der Waals surface area contributed by atoms with Crippen molar-refractivity contribution in [3.05, 3.63) is 30.0 Å². The van der Waals surface area contributed by atoms with Crippen LogP contribution in [0.3, 0.4) is 0 Å². The number of anilines is 1. The quantitative estimate of drug-likeness (QED) is 0.882. The Morgan fingerprint density at radius 3 is 2.70 bits per heavy atom. The normalized spacial score (nSPS) is 11.6. The summed E-state index contributed by atoms with van der Waals surface area (Å²) in [5.74, 6) is -1.08. The monoisotopic (exact) mass is 291 g/mol. The molecule has 0 aliphatic heterocycles. The highest BCUT2D eigenvalue weighted by molar-refractivity contribution is 7.99. The maximum atomic E-state index is 11.3. The summed E-state index contributed by atoms with van der Waals surface area (Å²) in [6.07, 6.45) is 2.03. The van der Waals surface area contributed by atoms with Gasteiger partial charge in [0.1, 0.15) is 0 Å². The van der Waals surface area contributed by atoms with Crippen molar-refractivity contribution < 1.29 is 9.90 Å². The molecule has 106 valence electrons. The molecule has 6 heteroatoms. The molecule has 2 aromatic rings. The number of fused-ring (bicyclic) bond motifs is 1. The smallest absolute Gasteiger partial charge is 0.358 e. The number of benzene rings is 1. The van der Waals surface area contributed by atoms with Crippen molar-refractivity contribution in [3.8, 4) is 0 Å². The Hall–Kier alpha value is -1.82. The average Bonchev–Trinajstić information content (AvgIpc) is 2.44. The molecule has 0 radical (unpaired) electrons. The zero-order valence-corrected chi connectivity index (χ0v) is 12.5. The van der Waals surface area contributed by atoms with Crippen molar-refractivity contribution in [3.63, 3.8) is 0 Å². The molecule has 0 saturated heterocycles. The van der Waals surface area contributed by atoms with Gasteiger partial charge in [0.15, 0.2) is 5.69 Å². The van der Waals surface area contributed by atoms with Crippen molar-refractivity contribution >= 4 is 34.3 Å². The van der Waals surface area contributed by atoms with E-state index in [2.05, 4.69) is 29.4 Å². The zero-order chi connectivity index (χ0) is 14.8. The Morgan fingerprint density at radius 1 is 1.35 bits per heavy atom. The molecule has 0 amide bonds. The molecule has 5 nitrogen and oxygen atoms in total. The summed E-state index contributed by atoms with van der Waals surface area (Å²) in [6, 6.07) is 7.39. The molecule has 0 spiro atoms. The minimum atomic E-state index is -1.08. The molecule has 2 rings (SSSR count). The fourth-order valence-electron chi connectivity index (χ4n) is 1.76. The summed E-state index contributed by atoms with van der Waals surface area (Å²) in [4.78, 5) is 11.3. The minimum Gasteiger partial charge on any atom is -0.476 e. The Morgan fingerprint density at radius 2 is 2.05 bits per heavy atom. The molecule has 1 aromatic heterocycles. The highest BCUT2D eigenvalue weighted by atomic mass is 32.2. The van der Waals surface area contributed by atoms with Crippen LogP contribution in [0.1, 0.15) is 24.3 Å². The average molecular weight is 291 g/mol. The largest absolute Gasteiger partial charge is 0.476 e. The zero-order valence-electron chi connectivity index (χ0n) is 11.7. The lowest BCUT2D eigenvalue weighted by Crippen LogP contribution is -2.27. The molecule has 0 saturated carbocycles. The number of nitrogens with zero attached hydrogens (tertiary/aromatic N) is 2. The maximum absolute atomic E-state index is 11.3. The number of nitrogens with one attached hydrogen (secondary N) is 1. The SMILES string of the molecule is CSC(C)(C)CNc1c(C(=O)O)nnc2ccccc12. The van der Waals surface area contributed by atoms with Gasteiger partial charge in [-0.3, -0.25) is 0 Å². The van der Waals surface area contributed by atoms with E-state index >= 15 is 0 Å². The van der Waals surface area contributed by atoms with Crippen LogP contribution in [0.2, 0.25) is 0 Å². The highest BCUT2D eigenvalue weighted by Gasteiger charge is 2.20. The molecule has 0 aliphatic carbocycles. The van der Waals surface area contributed by atoms with Crippen LogP contribution >= 0.6 is 11.8 Å². The summed E-state index contributed by atoms with van der Waals surface area (Å²) in [5, 5.41) is 21.0. The number of rotatable bonds is 5. The third-order valence-electron chi connectivity index (χ3n) is 3.11. The van der Waals surface area contributed by atoms with Crippen molar-refractivity contribution in [2.45, 2.75) is 18.6 Å². The van der Waals surface area contributed by atoms with Gasteiger partial charge in [0, 0.05) is 16.7 Å². The van der Waals surface area contributed by atoms with Crippen molar-refractivity contribution in [2.75, 3.05) is 18.1 Å². The van der Waals surface area contributed by atoms with E-state index in [-0.39, 0.29) is 10.4 Å². The number of carboxylic acids is 1. The molecule has 0 atom stereocenters. The predicted octanol–water partition coefficient (Wildman–Crippen LogP) is 2.88. The van der Waals surface area contributed by atoms with Gasteiger partial charge in [-0.2, -0.15) is 11.8 Å².